The van der Waals surface area contributed by atoms with Crippen molar-refractivity contribution in [2.24, 2.45) is 0 Å². The molecule has 0 aromatic heterocycles. The minimum atomic E-state index is -0.832. The maximum Gasteiger partial charge on any atom is 0.317 e. The van der Waals surface area contributed by atoms with Gasteiger partial charge in [0.05, 0.1) is 18.3 Å². The Labute approximate surface area is 166 Å². The second-order valence-corrected chi connectivity index (χ2v) is 7.08. The molecule has 0 radical (unpaired) electrons. The summed E-state index contributed by atoms with van der Waals surface area (Å²) in [5, 5.41) is 11.6. The molecule has 0 bridgehead atoms. The van der Waals surface area contributed by atoms with Crippen molar-refractivity contribution < 1.29 is 19.1 Å². The van der Waals surface area contributed by atoms with E-state index >= 15 is 0 Å². The second kappa shape index (κ2) is 10.6. The first-order valence-corrected chi connectivity index (χ1v) is 9.01. The molecule has 2 unspecified atom stereocenters. The number of aliphatic carboxylic acids is 1. The van der Waals surface area contributed by atoms with Gasteiger partial charge in [0.25, 0.3) is 0 Å². The van der Waals surface area contributed by atoms with E-state index in [2.05, 4.69) is 10.2 Å². The SMILES string of the molecule is Cc1ccc(NC(=O)C(C)N2CCCC(N(C)CC(=O)O)CC2)c(F)c1.Cl. The fraction of sp³-hybridized carbons (Fsp3) is 0.579. The Morgan fingerprint density at radius 3 is 2.70 bits per heavy atom. The molecule has 152 valence electrons. The zero-order valence-corrected chi connectivity index (χ0v) is 16.9. The first-order valence-electron chi connectivity index (χ1n) is 9.01. The molecule has 0 saturated carbocycles. The molecular formula is C19H29ClFN3O3. The molecule has 1 aromatic carbocycles. The number of likely N-dealkylation sites (tertiary alicyclic amines) is 1. The molecule has 8 heteroatoms. The molecule has 1 fully saturated rings. The number of anilines is 1. The number of likely N-dealkylation sites (N-methyl/N-ethyl adjacent to an activating group) is 1. The summed E-state index contributed by atoms with van der Waals surface area (Å²) in [5.74, 6) is -1.50. The molecule has 1 amide bonds. The first-order chi connectivity index (χ1) is 12.3. The Kier molecular flexibility index (Phi) is 9.15. The predicted molar refractivity (Wildman–Crippen MR) is 106 cm³/mol. The third-order valence-corrected chi connectivity index (χ3v) is 5.05. The number of nitrogens with one attached hydrogen (secondary N) is 1. The van der Waals surface area contributed by atoms with Gasteiger partial charge in [-0.15, -0.1) is 12.4 Å². The summed E-state index contributed by atoms with van der Waals surface area (Å²) in [4.78, 5) is 27.3. The predicted octanol–water partition coefficient (Wildman–Crippen LogP) is 2.75. The van der Waals surface area contributed by atoms with Crippen LogP contribution in [0.25, 0.3) is 0 Å². The van der Waals surface area contributed by atoms with Crippen molar-refractivity contribution in [1.29, 1.82) is 0 Å². The molecule has 6 nitrogen and oxygen atoms in total. The highest BCUT2D eigenvalue weighted by Gasteiger charge is 2.27. The van der Waals surface area contributed by atoms with Gasteiger partial charge in [0.1, 0.15) is 5.82 Å². The Hall–Kier alpha value is -1.70. The summed E-state index contributed by atoms with van der Waals surface area (Å²) in [6, 6.07) is 4.56. The van der Waals surface area contributed by atoms with Crippen LogP contribution in [0.5, 0.6) is 0 Å². The van der Waals surface area contributed by atoms with Gasteiger partial charge in [-0.3, -0.25) is 19.4 Å². The van der Waals surface area contributed by atoms with Crippen LogP contribution in [0.2, 0.25) is 0 Å². The Bertz CT molecular complexity index is 659. The zero-order valence-electron chi connectivity index (χ0n) is 16.1. The number of benzene rings is 1. The van der Waals surface area contributed by atoms with Crippen molar-refractivity contribution in [3.8, 4) is 0 Å². The molecule has 0 aliphatic carbocycles. The first kappa shape index (κ1) is 23.3. The van der Waals surface area contributed by atoms with Crippen LogP contribution in [0.1, 0.15) is 31.7 Å². The van der Waals surface area contributed by atoms with Crippen LogP contribution in [0.15, 0.2) is 18.2 Å². The molecule has 27 heavy (non-hydrogen) atoms. The average Bonchev–Trinajstić information content (AvgIpc) is 2.82. The lowest BCUT2D eigenvalue weighted by molar-refractivity contribution is -0.138. The number of hydrogen-bond acceptors (Lipinski definition) is 4. The van der Waals surface area contributed by atoms with Crippen molar-refractivity contribution in [3.63, 3.8) is 0 Å². The van der Waals surface area contributed by atoms with Crippen molar-refractivity contribution >= 4 is 30.0 Å². The lowest BCUT2D eigenvalue weighted by atomic mass is 10.1. The molecule has 0 spiro atoms. The number of carbonyl (C=O) groups excluding carboxylic acids is 1. The van der Waals surface area contributed by atoms with E-state index in [1.807, 2.05) is 18.9 Å². The van der Waals surface area contributed by atoms with Gasteiger partial charge in [-0.05, 0) is 64.4 Å². The molecule has 1 aliphatic rings. The molecule has 2 atom stereocenters. The molecule has 2 rings (SSSR count). The lowest BCUT2D eigenvalue weighted by Crippen LogP contribution is -2.43. The Balaban J connectivity index is 0.00000364. The van der Waals surface area contributed by atoms with Crippen LogP contribution < -0.4 is 5.32 Å². The van der Waals surface area contributed by atoms with Gasteiger partial charge in [0, 0.05) is 12.6 Å². The van der Waals surface area contributed by atoms with E-state index < -0.39 is 11.8 Å². The van der Waals surface area contributed by atoms with E-state index in [9.17, 15) is 14.0 Å². The van der Waals surface area contributed by atoms with Gasteiger partial charge in [-0.1, -0.05) is 6.07 Å². The molecule has 1 aliphatic heterocycles. The maximum absolute atomic E-state index is 13.9. The molecule has 1 heterocycles. The standard InChI is InChI=1S/C19H28FN3O3.ClH/c1-13-6-7-17(16(20)11-13)21-19(26)14(2)23-9-4-5-15(8-10-23)22(3)12-18(24)25;/h6-7,11,14-15H,4-5,8-10,12H2,1-3H3,(H,21,26)(H,24,25);1H. The topological polar surface area (TPSA) is 72.9 Å². The summed E-state index contributed by atoms with van der Waals surface area (Å²) in [7, 11) is 1.82. The van der Waals surface area contributed by atoms with Gasteiger partial charge in [-0.2, -0.15) is 0 Å². The van der Waals surface area contributed by atoms with E-state index in [0.717, 1.165) is 31.4 Å². The van der Waals surface area contributed by atoms with Crippen LogP contribution in [0.4, 0.5) is 10.1 Å². The van der Waals surface area contributed by atoms with E-state index in [-0.39, 0.29) is 42.6 Å². The number of rotatable bonds is 6. The van der Waals surface area contributed by atoms with Crippen molar-refractivity contribution in [2.45, 2.75) is 45.2 Å². The fourth-order valence-electron chi connectivity index (χ4n) is 3.40. The average molecular weight is 402 g/mol. The molecule has 1 aromatic rings. The lowest BCUT2D eigenvalue weighted by Gasteiger charge is -2.28. The highest BCUT2D eigenvalue weighted by molar-refractivity contribution is 5.94. The summed E-state index contributed by atoms with van der Waals surface area (Å²) in [6.45, 7) is 5.12. The van der Waals surface area contributed by atoms with Crippen LogP contribution >= 0.6 is 12.4 Å². The highest BCUT2D eigenvalue weighted by atomic mass is 35.5. The van der Waals surface area contributed by atoms with E-state index in [4.69, 9.17) is 5.11 Å². The van der Waals surface area contributed by atoms with Crippen molar-refractivity contribution in [2.75, 3.05) is 32.0 Å². The fourth-order valence-corrected chi connectivity index (χ4v) is 3.40. The molecule has 1 saturated heterocycles. The molecule has 2 N–H and O–H groups in total. The van der Waals surface area contributed by atoms with Crippen molar-refractivity contribution in [1.82, 2.24) is 9.80 Å². The van der Waals surface area contributed by atoms with E-state index in [1.54, 1.807) is 19.1 Å². The third kappa shape index (κ3) is 6.75. The smallest absolute Gasteiger partial charge is 0.317 e. The quantitative estimate of drug-likeness (QED) is 0.766. The summed E-state index contributed by atoms with van der Waals surface area (Å²) >= 11 is 0. The Morgan fingerprint density at radius 1 is 1.37 bits per heavy atom. The normalized spacial score (nSPS) is 19.1. The van der Waals surface area contributed by atoms with Gasteiger partial charge in [0.2, 0.25) is 5.91 Å². The number of carboxylic acids is 1. The highest BCUT2D eigenvalue weighted by Crippen LogP contribution is 2.19. The number of carboxylic acid groups (broad SMARTS) is 1. The third-order valence-electron chi connectivity index (χ3n) is 5.05. The monoisotopic (exact) mass is 401 g/mol. The number of nitrogens with zero attached hydrogens (tertiary/aromatic N) is 2. The Morgan fingerprint density at radius 2 is 2.07 bits per heavy atom. The van der Waals surface area contributed by atoms with Gasteiger partial charge in [0.15, 0.2) is 0 Å². The number of carbonyl (C=O) groups is 2. The maximum atomic E-state index is 13.9. The summed E-state index contributed by atoms with van der Waals surface area (Å²) in [5.41, 5.74) is 0.999. The van der Waals surface area contributed by atoms with Crippen LogP contribution in [-0.4, -0.2) is 65.5 Å². The summed E-state index contributed by atoms with van der Waals surface area (Å²) < 4.78 is 13.9. The van der Waals surface area contributed by atoms with Crippen LogP contribution in [0.3, 0.4) is 0 Å². The van der Waals surface area contributed by atoms with Crippen molar-refractivity contribution in [3.05, 3.63) is 29.6 Å². The number of hydrogen-bond donors (Lipinski definition) is 2. The van der Waals surface area contributed by atoms with Gasteiger partial charge >= 0.3 is 5.97 Å². The number of amides is 1. The van der Waals surface area contributed by atoms with Gasteiger partial charge < -0.3 is 10.4 Å². The minimum Gasteiger partial charge on any atom is -0.480 e. The zero-order chi connectivity index (χ0) is 19.3. The van der Waals surface area contributed by atoms with Crippen LogP contribution in [-0.2, 0) is 9.59 Å². The molecular weight excluding hydrogens is 373 g/mol. The van der Waals surface area contributed by atoms with Gasteiger partial charge in [-0.25, -0.2) is 4.39 Å². The number of aryl methyl sites for hydroxylation is 1. The van der Waals surface area contributed by atoms with E-state index in [1.165, 1.54) is 6.07 Å². The largest absolute Gasteiger partial charge is 0.480 e. The second-order valence-electron chi connectivity index (χ2n) is 7.08. The summed E-state index contributed by atoms with van der Waals surface area (Å²) in [6.07, 6.45) is 2.60. The van der Waals surface area contributed by atoms with Crippen LogP contribution in [0, 0.1) is 12.7 Å². The number of halogens is 2. The minimum absolute atomic E-state index is 0. The van der Waals surface area contributed by atoms with E-state index in [0.29, 0.717) is 6.54 Å².